The minimum Gasteiger partial charge on any atom is -0.494 e. The van der Waals surface area contributed by atoms with Crippen molar-refractivity contribution in [2.24, 2.45) is 0 Å². The van der Waals surface area contributed by atoms with Crippen LogP contribution in [-0.4, -0.2) is 16.6 Å². The number of rotatable bonds is 6. The molecular weight excluding hydrogens is 336 g/mol. The van der Waals surface area contributed by atoms with E-state index in [9.17, 15) is 0 Å². The van der Waals surface area contributed by atoms with Gasteiger partial charge in [-0.05, 0) is 62.4 Å². The summed E-state index contributed by atoms with van der Waals surface area (Å²) in [6.07, 6.45) is 0. The first-order valence-electron chi connectivity index (χ1n) is 8.00. The number of ether oxygens (including phenoxy) is 1. The van der Waals surface area contributed by atoms with Crippen molar-refractivity contribution in [2.75, 3.05) is 17.2 Å². The average molecular weight is 355 g/mol. The molecule has 0 fully saturated rings. The van der Waals surface area contributed by atoms with Gasteiger partial charge in [-0.15, -0.1) is 0 Å². The summed E-state index contributed by atoms with van der Waals surface area (Å²) in [6, 6.07) is 17.1. The second-order valence-corrected chi connectivity index (χ2v) is 5.84. The van der Waals surface area contributed by atoms with Crippen molar-refractivity contribution in [2.45, 2.75) is 13.8 Å². The van der Waals surface area contributed by atoms with Crippen LogP contribution in [0.4, 0.5) is 23.0 Å². The van der Waals surface area contributed by atoms with Crippen LogP contribution in [0.5, 0.6) is 5.75 Å². The van der Waals surface area contributed by atoms with Crippen molar-refractivity contribution in [3.63, 3.8) is 0 Å². The number of nitrogens with zero attached hydrogens (tertiary/aromatic N) is 2. The molecule has 3 rings (SSSR count). The zero-order valence-electron chi connectivity index (χ0n) is 14.1. The summed E-state index contributed by atoms with van der Waals surface area (Å²) in [6.45, 7) is 4.47. The van der Waals surface area contributed by atoms with Crippen LogP contribution in [0.25, 0.3) is 0 Å². The Hall–Kier alpha value is -2.79. The summed E-state index contributed by atoms with van der Waals surface area (Å²) in [5.41, 5.74) is 1.84. The van der Waals surface area contributed by atoms with Crippen molar-refractivity contribution in [1.29, 1.82) is 0 Å². The van der Waals surface area contributed by atoms with Crippen LogP contribution in [0, 0.1) is 6.92 Å². The molecule has 0 amide bonds. The molecule has 128 valence electrons. The number of aryl methyl sites for hydroxylation is 1. The Morgan fingerprint density at radius 3 is 1.92 bits per heavy atom. The predicted octanol–water partition coefficient (Wildman–Crippen LogP) is 5.32. The third-order valence-corrected chi connectivity index (χ3v) is 3.64. The number of anilines is 4. The van der Waals surface area contributed by atoms with Crippen molar-refractivity contribution >= 4 is 34.6 Å². The zero-order chi connectivity index (χ0) is 17.6. The molecule has 6 heteroatoms. The van der Waals surface area contributed by atoms with Gasteiger partial charge in [0.15, 0.2) is 0 Å². The van der Waals surface area contributed by atoms with E-state index in [-0.39, 0.29) is 0 Å². The summed E-state index contributed by atoms with van der Waals surface area (Å²) in [5, 5.41) is 7.23. The molecule has 3 aromatic rings. The van der Waals surface area contributed by atoms with Crippen LogP contribution >= 0.6 is 11.6 Å². The molecule has 0 atom stereocenters. The van der Waals surface area contributed by atoms with E-state index >= 15 is 0 Å². The smallest absolute Gasteiger partial charge is 0.136 e. The topological polar surface area (TPSA) is 59.1 Å². The Bertz CT molecular complexity index is 835. The molecule has 0 radical (unpaired) electrons. The van der Waals surface area contributed by atoms with Gasteiger partial charge in [0, 0.05) is 22.5 Å². The number of halogens is 1. The first-order chi connectivity index (χ1) is 12.1. The minimum atomic E-state index is 0.650. The molecule has 0 aliphatic carbocycles. The van der Waals surface area contributed by atoms with Gasteiger partial charge in [0.25, 0.3) is 0 Å². The van der Waals surface area contributed by atoms with Crippen LogP contribution < -0.4 is 15.4 Å². The maximum atomic E-state index is 5.91. The molecule has 25 heavy (non-hydrogen) atoms. The Labute approximate surface area is 152 Å². The highest BCUT2D eigenvalue weighted by Gasteiger charge is 2.04. The highest BCUT2D eigenvalue weighted by atomic mass is 35.5. The van der Waals surface area contributed by atoms with Gasteiger partial charge in [0.05, 0.1) is 6.61 Å². The number of hydrogen-bond donors (Lipinski definition) is 2. The van der Waals surface area contributed by atoms with Gasteiger partial charge in [0.2, 0.25) is 0 Å². The lowest BCUT2D eigenvalue weighted by Crippen LogP contribution is -2.01. The maximum Gasteiger partial charge on any atom is 0.136 e. The molecule has 2 N–H and O–H groups in total. The van der Waals surface area contributed by atoms with Gasteiger partial charge >= 0.3 is 0 Å². The van der Waals surface area contributed by atoms with E-state index in [1.807, 2.05) is 68.4 Å². The molecular formula is C19H19ClN4O. The lowest BCUT2D eigenvalue weighted by molar-refractivity contribution is 0.340. The predicted molar refractivity (Wildman–Crippen MR) is 102 cm³/mol. The van der Waals surface area contributed by atoms with Gasteiger partial charge in [-0.2, -0.15) is 0 Å². The Morgan fingerprint density at radius 1 is 0.880 bits per heavy atom. The van der Waals surface area contributed by atoms with Crippen LogP contribution in [0.3, 0.4) is 0 Å². The summed E-state index contributed by atoms with van der Waals surface area (Å²) in [4.78, 5) is 8.85. The third kappa shape index (κ3) is 4.84. The van der Waals surface area contributed by atoms with E-state index in [4.69, 9.17) is 16.3 Å². The second kappa shape index (κ2) is 7.85. The van der Waals surface area contributed by atoms with Crippen LogP contribution in [0.15, 0.2) is 54.6 Å². The van der Waals surface area contributed by atoms with E-state index in [0.29, 0.717) is 29.1 Å². The molecule has 1 heterocycles. The molecule has 0 spiro atoms. The second-order valence-electron chi connectivity index (χ2n) is 5.40. The van der Waals surface area contributed by atoms with Gasteiger partial charge in [0.1, 0.15) is 23.2 Å². The Morgan fingerprint density at radius 2 is 1.40 bits per heavy atom. The van der Waals surface area contributed by atoms with Crippen LogP contribution in [0.2, 0.25) is 5.02 Å². The van der Waals surface area contributed by atoms with E-state index < -0.39 is 0 Å². The van der Waals surface area contributed by atoms with E-state index in [1.165, 1.54) is 0 Å². The minimum absolute atomic E-state index is 0.650. The quantitative estimate of drug-likeness (QED) is 0.627. The lowest BCUT2D eigenvalue weighted by atomic mass is 10.3. The van der Waals surface area contributed by atoms with E-state index in [0.717, 1.165) is 17.1 Å². The maximum absolute atomic E-state index is 5.91. The van der Waals surface area contributed by atoms with Crippen LogP contribution in [0.1, 0.15) is 12.7 Å². The monoisotopic (exact) mass is 354 g/mol. The molecule has 0 aliphatic heterocycles. The van der Waals surface area contributed by atoms with Gasteiger partial charge in [-0.3, -0.25) is 0 Å². The van der Waals surface area contributed by atoms with Gasteiger partial charge in [-0.25, -0.2) is 9.97 Å². The van der Waals surface area contributed by atoms with Crippen molar-refractivity contribution in [3.8, 4) is 5.75 Å². The van der Waals surface area contributed by atoms with Crippen LogP contribution in [-0.2, 0) is 0 Å². The van der Waals surface area contributed by atoms with E-state index in [1.54, 1.807) is 0 Å². The molecule has 0 bridgehead atoms. The molecule has 0 aliphatic rings. The third-order valence-electron chi connectivity index (χ3n) is 3.39. The first kappa shape index (κ1) is 17.0. The van der Waals surface area contributed by atoms with Crippen molar-refractivity contribution < 1.29 is 4.74 Å². The summed E-state index contributed by atoms with van der Waals surface area (Å²) < 4.78 is 5.45. The highest BCUT2D eigenvalue weighted by molar-refractivity contribution is 6.30. The fourth-order valence-electron chi connectivity index (χ4n) is 2.33. The first-order valence-corrected chi connectivity index (χ1v) is 8.38. The van der Waals surface area contributed by atoms with E-state index in [2.05, 4.69) is 20.6 Å². The van der Waals surface area contributed by atoms with Crippen molar-refractivity contribution in [3.05, 3.63) is 65.4 Å². The van der Waals surface area contributed by atoms with Gasteiger partial charge in [-0.1, -0.05) is 11.6 Å². The average Bonchev–Trinajstić information content (AvgIpc) is 2.58. The summed E-state index contributed by atoms with van der Waals surface area (Å²) >= 11 is 5.91. The Balaban J connectivity index is 1.75. The molecule has 0 saturated heterocycles. The molecule has 5 nitrogen and oxygen atoms in total. The summed E-state index contributed by atoms with van der Waals surface area (Å²) in [7, 11) is 0. The largest absolute Gasteiger partial charge is 0.494 e. The van der Waals surface area contributed by atoms with Gasteiger partial charge < -0.3 is 15.4 Å². The normalized spacial score (nSPS) is 10.4. The fourth-order valence-corrected chi connectivity index (χ4v) is 2.45. The standard InChI is InChI=1S/C19H19ClN4O/c1-3-25-17-10-8-16(9-11-17)24-19-12-18(21-13(2)22-19)23-15-6-4-14(20)5-7-15/h4-12H,3H2,1-2H3,(H2,21,22,23,24). The SMILES string of the molecule is CCOc1ccc(Nc2cc(Nc3ccc(Cl)cc3)nc(C)n2)cc1. The number of hydrogen-bond acceptors (Lipinski definition) is 5. The van der Waals surface area contributed by atoms with Crippen molar-refractivity contribution in [1.82, 2.24) is 9.97 Å². The molecule has 0 saturated carbocycles. The lowest BCUT2D eigenvalue weighted by Gasteiger charge is -2.11. The summed E-state index contributed by atoms with van der Waals surface area (Å²) in [5.74, 6) is 2.95. The number of nitrogens with one attached hydrogen (secondary N) is 2. The molecule has 2 aromatic carbocycles. The number of aromatic nitrogens is 2. The molecule has 1 aromatic heterocycles. The number of benzene rings is 2. The Kier molecular flexibility index (Phi) is 5.36. The highest BCUT2D eigenvalue weighted by Crippen LogP contribution is 2.23. The molecule has 0 unspecified atom stereocenters. The zero-order valence-corrected chi connectivity index (χ0v) is 14.8. The fraction of sp³-hybridized carbons (Fsp3) is 0.158.